The molecule has 0 bridgehead atoms. The molecule has 0 atom stereocenters. The molecule has 9 nitrogen and oxygen atoms in total. The zero-order valence-electron chi connectivity index (χ0n) is 18.3. The minimum Gasteiger partial charge on any atom is -0.452 e. The van der Waals surface area contributed by atoms with Gasteiger partial charge in [0.25, 0.3) is 5.91 Å². The summed E-state index contributed by atoms with van der Waals surface area (Å²) in [6.07, 6.45) is 1.56. The quantitative estimate of drug-likeness (QED) is 0.546. The van der Waals surface area contributed by atoms with Gasteiger partial charge >= 0.3 is 5.97 Å². The number of para-hydroxylation sites is 1. The third kappa shape index (κ3) is 5.23. The molecule has 1 aromatic carbocycles. The van der Waals surface area contributed by atoms with Crippen LogP contribution in [0.5, 0.6) is 0 Å². The van der Waals surface area contributed by atoms with Crippen molar-refractivity contribution < 1.29 is 19.1 Å². The lowest BCUT2D eigenvalue weighted by Crippen LogP contribution is -2.37. The van der Waals surface area contributed by atoms with E-state index in [2.05, 4.69) is 15.4 Å². The average Bonchev–Trinajstić information content (AvgIpc) is 3.16. The first-order valence-corrected chi connectivity index (χ1v) is 10.4. The predicted molar refractivity (Wildman–Crippen MR) is 121 cm³/mol. The molecule has 2 aromatic heterocycles. The lowest BCUT2D eigenvalue weighted by atomic mass is 10.1. The van der Waals surface area contributed by atoms with Gasteiger partial charge in [-0.2, -0.15) is 5.10 Å². The van der Waals surface area contributed by atoms with E-state index in [1.807, 2.05) is 13.8 Å². The summed E-state index contributed by atoms with van der Waals surface area (Å²) in [5.41, 5.74) is 1.94. The van der Waals surface area contributed by atoms with Crippen molar-refractivity contribution in [1.29, 1.82) is 0 Å². The second kappa shape index (κ2) is 9.78. The van der Waals surface area contributed by atoms with E-state index in [9.17, 15) is 14.4 Å². The van der Waals surface area contributed by atoms with Crippen molar-refractivity contribution in [3.63, 3.8) is 0 Å². The number of aromatic nitrogens is 3. The topological polar surface area (TPSA) is 106 Å². The Morgan fingerprint density at radius 2 is 1.97 bits per heavy atom. The number of rotatable bonds is 7. The first-order chi connectivity index (χ1) is 15.2. The fourth-order valence-corrected chi connectivity index (χ4v) is 3.24. The number of nitrogens with zero attached hydrogens (tertiary/aromatic N) is 4. The average molecular weight is 458 g/mol. The number of likely N-dealkylation sites (N-methyl/N-ethyl adjacent to an activating group) is 1. The zero-order valence-corrected chi connectivity index (χ0v) is 19.0. The molecule has 168 valence electrons. The fourth-order valence-electron chi connectivity index (χ4n) is 3.06. The van der Waals surface area contributed by atoms with E-state index in [1.54, 1.807) is 48.1 Å². The summed E-state index contributed by atoms with van der Waals surface area (Å²) in [5.74, 6) is -1.61. The highest BCUT2D eigenvalue weighted by molar-refractivity contribution is 6.33. The molecule has 0 radical (unpaired) electrons. The van der Waals surface area contributed by atoms with Crippen LogP contribution in [0.4, 0.5) is 5.69 Å². The van der Waals surface area contributed by atoms with Crippen LogP contribution >= 0.6 is 11.6 Å². The minimum atomic E-state index is -0.661. The number of esters is 1. The number of aryl methyl sites for hydroxylation is 1. The molecule has 0 aliphatic heterocycles. The highest BCUT2D eigenvalue weighted by Crippen LogP contribution is 2.22. The lowest BCUT2D eigenvalue weighted by molar-refractivity contribution is -0.136. The number of carbonyl (C=O) groups is 3. The summed E-state index contributed by atoms with van der Waals surface area (Å²) in [6, 6.07) is 8.45. The van der Waals surface area contributed by atoms with Gasteiger partial charge in [-0.25, -0.2) is 14.5 Å². The monoisotopic (exact) mass is 457 g/mol. The third-order valence-corrected chi connectivity index (χ3v) is 5.01. The van der Waals surface area contributed by atoms with Gasteiger partial charge in [-0.1, -0.05) is 23.7 Å². The van der Waals surface area contributed by atoms with Crippen LogP contribution in [-0.2, 0) is 14.3 Å². The molecule has 0 fully saturated rings. The summed E-state index contributed by atoms with van der Waals surface area (Å²) >= 11 is 6.02. The smallest absolute Gasteiger partial charge is 0.339 e. The Hall–Kier alpha value is -3.46. The van der Waals surface area contributed by atoms with Crippen molar-refractivity contribution in [2.75, 3.05) is 25.5 Å². The number of nitrogens with one attached hydrogen (secondary N) is 1. The SMILES string of the molecule is Cc1cc(C(=O)OCC(=O)N(C)CC(=O)Nc2ccccc2Cl)c2cnn(C(C)C)c2n1. The number of amides is 2. The molecule has 10 heteroatoms. The number of carbonyl (C=O) groups excluding carboxylic acids is 3. The molecule has 0 spiro atoms. The zero-order chi connectivity index (χ0) is 23.4. The molecule has 0 aliphatic rings. The van der Waals surface area contributed by atoms with Crippen LogP contribution in [0.1, 0.15) is 35.9 Å². The van der Waals surface area contributed by atoms with Gasteiger partial charge in [-0.15, -0.1) is 0 Å². The van der Waals surface area contributed by atoms with Gasteiger partial charge in [0.1, 0.15) is 0 Å². The predicted octanol–water partition coefficient (Wildman–Crippen LogP) is 3.23. The maximum atomic E-state index is 12.7. The molecule has 0 saturated carbocycles. The summed E-state index contributed by atoms with van der Waals surface area (Å²) in [5, 5.41) is 7.87. The summed E-state index contributed by atoms with van der Waals surface area (Å²) in [6.45, 7) is 4.97. The minimum absolute atomic E-state index is 0.0674. The van der Waals surface area contributed by atoms with Crippen molar-refractivity contribution in [3.8, 4) is 0 Å². The highest BCUT2D eigenvalue weighted by Gasteiger charge is 2.20. The second-order valence-corrected chi connectivity index (χ2v) is 7.99. The Morgan fingerprint density at radius 1 is 1.25 bits per heavy atom. The van der Waals surface area contributed by atoms with E-state index < -0.39 is 24.4 Å². The standard InChI is InChI=1S/C22H24ClN5O4/c1-13(2)28-21-16(10-24-28)15(9-14(3)25-21)22(31)32-12-20(30)27(4)11-19(29)26-18-8-6-5-7-17(18)23/h5-10,13H,11-12H2,1-4H3,(H,26,29). The molecule has 0 saturated heterocycles. The number of benzene rings is 1. The van der Waals surface area contributed by atoms with E-state index in [0.29, 0.717) is 27.4 Å². The number of hydrogen-bond acceptors (Lipinski definition) is 6. The third-order valence-electron chi connectivity index (χ3n) is 4.69. The molecule has 2 heterocycles. The van der Waals surface area contributed by atoms with Gasteiger partial charge in [0, 0.05) is 18.8 Å². The summed E-state index contributed by atoms with van der Waals surface area (Å²) < 4.78 is 6.93. The molecule has 0 unspecified atom stereocenters. The van der Waals surface area contributed by atoms with Gasteiger partial charge in [-0.05, 0) is 39.0 Å². The number of halogens is 1. The van der Waals surface area contributed by atoms with Gasteiger partial charge in [-0.3, -0.25) is 9.59 Å². The van der Waals surface area contributed by atoms with Crippen LogP contribution in [0.25, 0.3) is 11.0 Å². The Morgan fingerprint density at radius 3 is 2.66 bits per heavy atom. The van der Waals surface area contributed by atoms with Gasteiger partial charge in [0.05, 0.1) is 34.4 Å². The van der Waals surface area contributed by atoms with Crippen LogP contribution in [0.15, 0.2) is 36.5 Å². The Kier molecular flexibility index (Phi) is 7.09. The molecular formula is C22H24ClN5O4. The molecule has 3 rings (SSSR count). The Labute approximate surface area is 190 Å². The number of pyridine rings is 1. The maximum absolute atomic E-state index is 12.7. The highest BCUT2D eigenvalue weighted by atomic mass is 35.5. The molecule has 1 N–H and O–H groups in total. The molecular weight excluding hydrogens is 434 g/mol. The number of hydrogen-bond donors (Lipinski definition) is 1. The van der Waals surface area contributed by atoms with Crippen molar-refractivity contribution >= 4 is 46.1 Å². The number of anilines is 1. The van der Waals surface area contributed by atoms with E-state index in [1.165, 1.54) is 11.9 Å². The molecule has 32 heavy (non-hydrogen) atoms. The van der Waals surface area contributed by atoms with Gasteiger partial charge < -0.3 is 15.0 Å². The normalized spacial score (nSPS) is 10.9. The van der Waals surface area contributed by atoms with Crippen molar-refractivity contribution in [2.45, 2.75) is 26.8 Å². The van der Waals surface area contributed by atoms with Crippen LogP contribution in [0, 0.1) is 6.92 Å². The van der Waals surface area contributed by atoms with Crippen molar-refractivity contribution in [1.82, 2.24) is 19.7 Å². The van der Waals surface area contributed by atoms with Crippen molar-refractivity contribution in [2.24, 2.45) is 0 Å². The largest absolute Gasteiger partial charge is 0.452 e. The van der Waals surface area contributed by atoms with Gasteiger partial charge in [0.2, 0.25) is 5.91 Å². The molecule has 0 aliphatic carbocycles. The number of fused-ring (bicyclic) bond motifs is 1. The van der Waals surface area contributed by atoms with E-state index >= 15 is 0 Å². The first-order valence-electron chi connectivity index (χ1n) is 9.97. The molecule has 3 aromatic rings. The van der Waals surface area contributed by atoms with E-state index in [0.717, 1.165) is 0 Å². The molecule has 2 amide bonds. The maximum Gasteiger partial charge on any atom is 0.339 e. The first kappa shape index (κ1) is 23.2. The Bertz CT molecular complexity index is 1170. The van der Waals surface area contributed by atoms with Crippen LogP contribution in [-0.4, -0.2) is 57.6 Å². The van der Waals surface area contributed by atoms with E-state index in [4.69, 9.17) is 16.3 Å². The van der Waals surface area contributed by atoms with Crippen molar-refractivity contribution in [3.05, 3.63) is 52.8 Å². The van der Waals surface area contributed by atoms with Gasteiger partial charge in [0.15, 0.2) is 12.3 Å². The summed E-state index contributed by atoms with van der Waals surface area (Å²) in [4.78, 5) is 42.9. The fraction of sp³-hybridized carbons (Fsp3) is 0.318. The van der Waals surface area contributed by atoms with E-state index in [-0.39, 0.29) is 18.2 Å². The number of ether oxygens (including phenoxy) is 1. The summed E-state index contributed by atoms with van der Waals surface area (Å²) in [7, 11) is 1.45. The van der Waals surface area contributed by atoms with Crippen LogP contribution < -0.4 is 5.32 Å². The Balaban J connectivity index is 1.61. The van der Waals surface area contributed by atoms with Crippen LogP contribution in [0.2, 0.25) is 5.02 Å². The van der Waals surface area contributed by atoms with Crippen LogP contribution in [0.3, 0.4) is 0 Å². The second-order valence-electron chi connectivity index (χ2n) is 7.59. The lowest BCUT2D eigenvalue weighted by Gasteiger charge is -2.17.